The number of fused-ring (bicyclic) bond motifs is 10. The Morgan fingerprint density at radius 3 is 2.10 bits per heavy atom. The number of hydrogen-bond donors (Lipinski definition) is 0. The molecule has 0 radical (unpaired) electrons. The molecule has 0 bridgehead atoms. The molecule has 11 aromatic rings. The lowest BCUT2D eigenvalue weighted by atomic mass is 9.99. The lowest BCUT2D eigenvalue weighted by Gasteiger charge is -2.11. The van der Waals surface area contributed by atoms with E-state index in [1.165, 1.54) is 0 Å². The highest BCUT2D eigenvalue weighted by Gasteiger charge is 2.22. The largest absolute Gasteiger partial charge is 0.456 e. The number of aromatic nitrogens is 4. The molecule has 0 spiro atoms. The monoisotopic (exact) mass is 676 g/mol. The topological polar surface area (TPSA) is 56.7 Å². The molecule has 51 heavy (non-hydrogen) atoms. The van der Waals surface area contributed by atoms with E-state index >= 15 is 0 Å². The minimum atomic E-state index is -0.335. The van der Waals surface area contributed by atoms with Gasteiger partial charge < -0.3 is 4.42 Å². The first-order valence-electron chi connectivity index (χ1n) is 19.5. The zero-order valence-corrected chi connectivity index (χ0v) is 27.5. The van der Waals surface area contributed by atoms with Crippen LogP contribution in [-0.4, -0.2) is 19.5 Å². The van der Waals surface area contributed by atoms with Crippen LogP contribution in [0.5, 0.6) is 0 Å². The fraction of sp³-hybridized carbons (Fsp3) is 0. The summed E-state index contributed by atoms with van der Waals surface area (Å²) in [5, 5.41) is 4.57. The molecule has 0 aliphatic rings. The third-order valence-electron chi connectivity index (χ3n) is 9.39. The summed E-state index contributed by atoms with van der Waals surface area (Å²) in [4.78, 5) is 15.0. The average Bonchev–Trinajstić information content (AvgIpc) is 3.93. The van der Waals surface area contributed by atoms with Gasteiger partial charge in [0.2, 0.25) is 5.95 Å². The van der Waals surface area contributed by atoms with Crippen LogP contribution in [0.1, 0.15) is 8.22 Å². The van der Waals surface area contributed by atoms with Crippen molar-refractivity contribution in [2.24, 2.45) is 0 Å². The summed E-state index contributed by atoms with van der Waals surface area (Å²) < 4.78 is 65.3. The van der Waals surface area contributed by atoms with Crippen molar-refractivity contribution in [2.75, 3.05) is 0 Å². The summed E-state index contributed by atoms with van der Waals surface area (Å²) in [6, 6.07) is 37.5. The highest BCUT2D eigenvalue weighted by molar-refractivity contribution is 7.26. The third-order valence-corrected chi connectivity index (χ3v) is 10.5. The van der Waals surface area contributed by atoms with Crippen LogP contribution in [0.4, 0.5) is 0 Å². The maximum Gasteiger partial charge on any atom is 0.238 e. The molecule has 0 fully saturated rings. The molecule has 0 atom stereocenters. The predicted molar refractivity (Wildman–Crippen MR) is 211 cm³/mol. The Morgan fingerprint density at radius 2 is 1.25 bits per heavy atom. The van der Waals surface area contributed by atoms with Gasteiger partial charge in [0.05, 0.1) is 19.3 Å². The Kier molecular flexibility index (Phi) is 4.91. The van der Waals surface area contributed by atoms with Gasteiger partial charge in [-0.2, -0.15) is 9.97 Å². The van der Waals surface area contributed by atoms with Gasteiger partial charge in [-0.3, -0.25) is 4.57 Å². The summed E-state index contributed by atoms with van der Waals surface area (Å²) in [6.07, 6.45) is 0. The van der Waals surface area contributed by atoms with Gasteiger partial charge in [0.15, 0.2) is 11.6 Å². The molecule has 11 rings (SSSR count). The van der Waals surface area contributed by atoms with Gasteiger partial charge in [-0.05, 0) is 47.5 Å². The molecule has 0 N–H and O–H groups in total. The lowest BCUT2D eigenvalue weighted by molar-refractivity contribution is 0.669. The number of thiophene rings is 1. The molecule has 0 saturated carbocycles. The number of benzene rings is 7. The van der Waals surface area contributed by atoms with Gasteiger partial charge in [-0.15, -0.1) is 11.3 Å². The second-order valence-corrected chi connectivity index (χ2v) is 13.4. The number of furan rings is 1. The minimum Gasteiger partial charge on any atom is -0.456 e. The van der Waals surface area contributed by atoms with Crippen LogP contribution in [0.3, 0.4) is 0 Å². The van der Waals surface area contributed by atoms with Crippen molar-refractivity contribution in [2.45, 2.75) is 0 Å². The standard InChI is InChI=1S/C45H26N4OS/c1-3-12-27(13-4-1)30-18-11-20-36-40(30)33-23-22-29(26-37(33)50-36)44-46-43(28-14-5-2-6-15-28)47-45(48-44)49-35-19-9-7-16-31(35)32-24-25-39-41(42(32)49)34-17-8-10-21-38(34)51-39/h1-26H/i11D,18D,20D,22D,23D,26D. The van der Waals surface area contributed by atoms with Crippen molar-refractivity contribution in [3.8, 4) is 39.9 Å². The van der Waals surface area contributed by atoms with Crippen LogP contribution in [0.2, 0.25) is 0 Å². The van der Waals surface area contributed by atoms with E-state index < -0.39 is 0 Å². The first-order valence-corrected chi connectivity index (χ1v) is 17.3. The van der Waals surface area contributed by atoms with Gasteiger partial charge in [-0.1, -0.05) is 121 Å². The second-order valence-electron chi connectivity index (χ2n) is 12.3. The quantitative estimate of drug-likeness (QED) is 0.186. The molecule has 6 heteroatoms. The van der Waals surface area contributed by atoms with E-state index in [2.05, 4.69) is 30.3 Å². The Hall–Kier alpha value is -6.63. The van der Waals surface area contributed by atoms with E-state index in [1.807, 2.05) is 71.3 Å². The third kappa shape index (κ3) is 4.30. The Labute approximate surface area is 304 Å². The smallest absolute Gasteiger partial charge is 0.238 e. The summed E-state index contributed by atoms with van der Waals surface area (Å²) in [7, 11) is 0. The maximum atomic E-state index is 9.60. The van der Waals surface area contributed by atoms with Gasteiger partial charge >= 0.3 is 0 Å². The van der Waals surface area contributed by atoms with Gasteiger partial charge in [0, 0.05) is 52.8 Å². The molecule has 0 amide bonds. The predicted octanol–water partition coefficient (Wildman–Crippen LogP) is 12.2. The van der Waals surface area contributed by atoms with Gasteiger partial charge in [-0.25, -0.2) is 4.98 Å². The van der Waals surface area contributed by atoms with E-state index in [0.29, 0.717) is 22.5 Å². The van der Waals surface area contributed by atoms with Crippen molar-refractivity contribution in [3.63, 3.8) is 0 Å². The van der Waals surface area contributed by atoms with Crippen LogP contribution >= 0.6 is 11.3 Å². The molecule has 0 aliphatic carbocycles. The summed E-state index contributed by atoms with van der Waals surface area (Å²) in [5.41, 5.74) is 3.26. The average molecular weight is 677 g/mol. The van der Waals surface area contributed by atoms with E-state index in [4.69, 9.17) is 23.5 Å². The summed E-state index contributed by atoms with van der Waals surface area (Å²) >= 11 is 1.72. The number of para-hydroxylation sites is 1. The Bertz CT molecular complexity index is 3490. The minimum absolute atomic E-state index is 0.00901. The Balaban J connectivity index is 1.26. The molecule has 5 nitrogen and oxygen atoms in total. The first kappa shape index (κ1) is 22.9. The van der Waals surface area contributed by atoms with E-state index in [1.54, 1.807) is 35.6 Å². The zero-order valence-electron chi connectivity index (χ0n) is 32.7. The lowest BCUT2D eigenvalue weighted by Crippen LogP contribution is -2.06. The molecular weight excluding hydrogens is 645 g/mol. The van der Waals surface area contributed by atoms with Crippen molar-refractivity contribution in [3.05, 3.63) is 158 Å². The Morgan fingerprint density at radius 1 is 0.529 bits per heavy atom. The zero-order chi connectivity index (χ0) is 38.7. The molecule has 0 aliphatic heterocycles. The molecular formula is C45H26N4OS. The van der Waals surface area contributed by atoms with Gasteiger partial charge in [0.25, 0.3) is 0 Å². The van der Waals surface area contributed by atoms with E-state index in [9.17, 15) is 4.11 Å². The molecule has 4 aromatic heterocycles. The van der Waals surface area contributed by atoms with Crippen molar-refractivity contribution >= 4 is 75.3 Å². The van der Waals surface area contributed by atoms with Gasteiger partial charge in [0.1, 0.15) is 11.2 Å². The normalized spacial score (nSPS) is 13.6. The fourth-order valence-electron chi connectivity index (χ4n) is 7.15. The summed E-state index contributed by atoms with van der Waals surface area (Å²) in [6.45, 7) is 0. The fourth-order valence-corrected chi connectivity index (χ4v) is 8.25. The number of nitrogens with zero attached hydrogens (tertiary/aromatic N) is 4. The van der Waals surface area contributed by atoms with E-state index in [0.717, 1.165) is 42.0 Å². The van der Waals surface area contributed by atoms with Crippen LogP contribution in [0, 0.1) is 0 Å². The van der Waals surface area contributed by atoms with Crippen LogP contribution in [0.15, 0.2) is 162 Å². The van der Waals surface area contributed by atoms with E-state index in [-0.39, 0.29) is 75.5 Å². The van der Waals surface area contributed by atoms with Crippen LogP contribution in [0.25, 0.3) is 104 Å². The SMILES string of the molecule is [2H]c1c([2H])c(-c2ccccc2)c2c(oc3c([2H])c(-c4nc(-c5ccccc5)nc(-n5c6ccccc6c6ccc7sc8ccccc8c7c65)n4)c([2H])c([2H])c32)c1[2H]. The maximum absolute atomic E-state index is 9.60. The highest BCUT2D eigenvalue weighted by atomic mass is 32.1. The molecule has 238 valence electrons. The summed E-state index contributed by atoms with van der Waals surface area (Å²) in [5.74, 6) is 0.603. The molecule has 0 saturated heterocycles. The van der Waals surface area contributed by atoms with Crippen LogP contribution in [-0.2, 0) is 0 Å². The molecule has 0 unspecified atom stereocenters. The number of rotatable bonds is 4. The second kappa shape index (κ2) is 10.9. The number of hydrogen-bond acceptors (Lipinski definition) is 5. The van der Waals surface area contributed by atoms with Crippen LogP contribution < -0.4 is 0 Å². The first-order chi connectivity index (χ1) is 27.8. The molecule has 7 aromatic carbocycles. The highest BCUT2D eigenvalue weighted by Crippen LogP contribution is 2.43. The van der Waals surface area contributed by atoms with Crippen molar-refractivity contribution < 1.29 is 12.6 Å². The van der Waals surface area contributed by atoms with Crippen molar-refractivity contribution in [1.29, 1.82) is 0 Å². The van der Waals surface area contributed by atoms with Crippen molar-refractivity contribution in [1.82, 2.24) is 19.5 Å². The molecule has 4 heterocycles.